The molecule has 51 heavy (non-hydrogen) atoms. The van der Waals surface area contributed by atoms with Crippen LogP contribution in [-0.2, 0) is 5.75 Å². The number of nitrogens with two attached hydrogens (primary N) is 2. The smallest absolute Gasteiger partial charge is 0.320 e. The molecular weight excluding hydrogens is 695 g/mol. The van der Waals surface area contributed by atoms with Crippen LogP contribution in [0.3, 0.4) is 0 Å². The molecule has 0 saturated carbocycles. The van der Waals surface area contributed by atoms with Crippen LogP contribution in [0.25, 0.3) is 23.3 Å². The van der Waals surface area contributed by atoms with E-state index < -0.39 is 6.01 Å². The summed E-state index contributed by atoms with van der Waals surface area (Å²) < 4.78 is 5.48. The van der Waals surface area contributed by atoms with E-state index in [1.807, 2.05) is 66.9 Å². The third kappa shape index (κ3) is 6.47. The van der Waals surface area contributed by atoms with Gasteiger partial charge in [-0.2, -0.15) is 66.5 Å². The standard InChI is InChI=1S/C29H27N19OS2/c1-15-20(37-39-26-32-19(14-50)43-45(26)17-10-6-4-7-11-17)22(30)47(41-15)24-33-25(35-28(49)34-24)48-23(31)21(16(2)42-48)38-40-27-36-29(51-3)44-46(27)18-12-8-5-9-13-18/h4-13,50H,14,30-31H2,1-3H3,(H,33,34,35,49). The Morgan fingerprint density at radius 2 is 1.14 bits per heavy atom. The van der Waals surface area contributed by atoms with Gasteiger partial charge in [0.2, 0.25) is 5.16 Å². The van der Waals surface area contributed by atoms with Crippen molar-refractivity contribution in [3.63, 3.8) is 0 Å². The highest BCUT2D eigenvalue weighted by atomic mass is 32.2. The molecule has 0 saturated heterocycles. The SMILES string of the molecule is CSc1nc(N=Nc2c(C)nn(-c3nc(O)nc(-n4nc(C)c(N=Nc5nc(CS)nn5-c5ccccc5)c4N)n3)c2N)n(-c2ccccc2)n1. The van der Waals surface area contributed by atoms with Gasteiger partial charge in [0.15, 0.2) is 28.8 Å². The molecule has 0 atom stereocenters. The molecule has 0 aliphatic heterocycles. The lowest BCUT2D eigenvalue weighted by molar-refractivity contribution is 0.423. The number of azo groups is 2. The van der Waals surface area contributed by atoms with Crippen molar-refractivity contribution in [2.24, 2.45) is 20.5 Å². The van der Waals surface area contributed by atoms with E-state index in [4.69, 9.17) is 11.5 Å². The second-order valence-corrected chi connectivity index (χ2v) is 11.6. The van der Waals surface area contributed by atoms with E-state index in [1.165, 1.54) is 21.1 Å². The minimum atomic E-state index is -0.641. The van der Waals surface area contributed by atoms with Gasteiger partial charge < -0.3 is 16.6 Å². The monoisotopic (exact) mass is 721 g/mol. The number of aryl methyl sites for hydroxylation is 2. The molecule has 0 aliphatic rings. The van der Waals surface area contributed by atoms with Crippen molar-refractivity contribution in [1.29, 1.82) is 0 Å². The first-order valence-electron chi connectivity index (χ1n) is 14.9. The van der Waals surface area contributed by atoms with E-state index in [0.717, 1.165) is 11.4 Å². The summed E-state index contributed by atoms with van der Waals surface area (Å²) in [6.07, 6.45) is 1.86. The Balaban J connectivity index is 1.20. The highest BCUT2D eigenvalue weighted by Crippen LogP contribution is 2.33. The molecule has 5 heterocycles. The van der Waals surface area contributed by atoms with Crippen molar-refractivity contribution in [3.8, 4) is 29.3 Å². The van der Waals surface area contributed by atoms with Crippen molar-refractivity contribution >= 4 is 59.3 Å². The number of nitrogen functional groups attached to an aromatic ring is 2. The maximum absolute atomic E-state index is 10.5. The molecule has 0 fully saturated rings. The second kappa shape index (κ2) is 13.8. The zero-order chi connectivity index (χ0) is 35.6. The Bertz CT molecular complexity index is 2250. The van der Waals surface area contributed by atoms with Crippen LogP contribution in [0, 0.1) is 13.8 Å². The lowest BCUT2D eigenvalue weighted by Crippen LogP contribution is -2.13. The topological polar surface area (TPSA) is 257 Å². The molecule has 20 nitrogen and oxygen atoms in total. The molecule has 256 valence electrons. The third-order valence-electron chi connectivity index (χ3n) is 7.11. The molecule has 0 spiro atoms. The fraction of sp³-hybridized carbons (Fsp3) is 0.138. The highest BCUT2D eigenvalue weighted by molar-refractivity contribution is 7.98. The largest absolute Gasteiger partial charge is 0.479 e. The Morgan fingerprint density at radius 1 is 0.647 bits per heavy atom. The maximum Gasteiger partial charge on any atom is 0.320 e. The predicted molar refractivity (Wildman–Crippen MR) is 190 cm³/mol. The van der Waals surface area contributed by atoms with Crippen molar-refractivity contribution < 1.29 is 5.11 Å². The molecule has 0 aliphatic carbocycles. The normalized spacial score (nSPS) is 11.8. The molecule has 5 N–H and O–H groups in total. The molecule has 0 radical (unpaired) electrons. The van der Waals surface area contributed by atoms with Crippen LogP contribution in [0.1, 0.15) is 17.2 Å². The zero-order valence-electron chi connectivity index (χ0n) is 27.0. The van der Waals surface area contributed by atoms with Gasteiger partial charge in [0.1, 0.15) is 0 Å². The highest BCUT2D eigenvalue weighted by Gasteiger charge is 2.22. The van der Waals surface area contributed by atoms with Gasteiger partial charge in [0.05, 0.1) is 28.5 Å². The molecule has 2 aromatic carbocycles. The molecule has 0 bridgehead atoms. The summed E-state index contributed by atoms with van der Waals surface area (Å²) in [7, 11) is 0. The molecule has 0 amide bonds. The van der Waals surface area contributed by atoms with Crippen LogP contribution in [0.5, 0.6) is 6.01 Å². The van der Waals surface area contributed by atoms with Crippen LogP contribution in [0.15, 0.2) is 86.3 Å². The minimum Gasteiger partial charge on any atom is -0.479 e. The van der Waals surface area contributed by atoms with E-state index in [9.17, 15) is 5.11 Å². The number of anilines is 2. The zero-order valence-corrected chi connectivity index (χ0v) is 28.8. The number of benzene rings is 2. The van der Waals surface area contributed by atoms with Gasteiger partial charge in [0, 0.05) is 0 Å². The molecule has 22 heteroatoms. The van der Waals surface area contributed by atoms with Crippen LogP contribution in [-0.4, -0.2) is 75.4 Å². The van der Waals surface area contributed by atoms with Crippen molar-refractivity contribution in [2.75, 3.05) is 17.7 Å². The van der Waals surface area contributed by atoms with E-state index in [1.54, 1.807) is 23.2 Å². The summed E-state index contributed by atoms with van der Waals surface area (Å²) >= 11 is 5.65. The van der Waals surface area contributed by atoms with Crippen molar-refractivity contribution in [1.82, 2.24) is 64.0 Å². The van der Waals surface area contributed by atoms with Crippen LogP contribution >= 0.6 is 24.4 Å². The summed E-state index contributed by atoms with van der Waals surface area (Å²) in [5.41, 5.74) is 15.6. The number of hydrogen-bond acceptors (Lipinski definition) is 18. The average Bonchev–Trinajstić information content (AvgIpc) is 3.90. The molecule has 7 aromatic rings. The number of hydrogen-bond donors (Lipinski definition) is 4. The number of para-hydroxylation sites is 2. The first-order chi connectivity index (χ1) is 24.7. The lowest BCUT2D eigenvalue weighted by atomic mass is 10.3. The quantitative estimate of drug-likeness (QED) is 0.0835. The Hall–Kier alpha value is -6.55. The summed E-state index contributed by atoms with van der Waals surface area (Å²) in [4.78, 5) is 21.3. The van der Waals surface area contributed by atoms with Gasteiger partial charge >= 0.3 is 6.01 Å². The summed E-state index contributed by atoms with van der Waals surface area (Å²) in [6, 6.07) is 18.1. The fourth-order valence-electron chi connectivity index (χ4n) is 4.75. The van der Waals surface area contributed by atoms with Gasteiger partial charge in [-0.15, -0.1) is 30.7 Å². The number of thioether (sulfide) groups is 1. The number of thiol groups is 1. The van der Waals surface area contributed by atoms with Gasteiger partial charge in [-0.1, -0.05) is 48.2 Å². The third-order valence-corrected chi connectivity index (χ3v) is 7.94. The van der Waals surface area contributed by atoms with Gasteiger partial charge in [-0.05, 0) is 44.4 Å². The number of nitrogens with zero attached hydrogens (tertiary/aromatic N) is 17. The average molecular weight is 722 g/mol. The fourth-order valence-corrected chi connectivity index (χ4v) is 5.22. The molecule has 7 rings (SSSR count). The van der Waals surface area contributed by atoms with Gasteiger partial charge in [-0.25, -0.2) is 0 Å². The van der Waals surface area contributed by atoms with Crippen LogP contribution < -0.4 is 11.5 Å². The van der Waals surface area contributed by atoms with E-state index in [0.29, 0.717) is 28.1 Å². The number of rotatable bonds is 10. The first-order valence-corrected chi connectivity index (χ1v) is 16.8. The van der Waals surface area contributed by atoms with Crippen molar-refractivity contribution in [2.45, 2.75) is 24.8 Å². The van der Waals surface area contributed by atoms with Gasteiger partial charge in [0.25, 0.3) is 23.8 Å². The number of aromatic hydroxyl groups is 1. The lowest BCUT2D eigenvalue weighted by Gasteiger charge is -2.06. The molecular formula is C29H27N19OS2. The summed E-state index contributed by atoms with van der Waals surface area (Å²) in [6.45, 7) is 3.36. The van der Waals surface area contributed by atoms with Gasteiger partial charge in [-0.3, -0.25) is 0 Å². The summed E-state index contributed by atoms with van der Waals surface area (Å²) in [5.74, 6) is 0.987. The summed E-state index contributed by atoms with van der Waals surface area (Å²) in [5, 5.41) is 46.1. The minimum absolute atomic E-state index is 0.0271. The van der Waals surface area contributed by atoms with E-state index >= 15 is 0 Å². The van der Waals surface area contributed by atoms with E-state index in [-0.39, 0.29) is 46.8 Å². The van der Waals surface area contributed by atoms with Crippen LogP contribution in [0.4, 0.5) is 34.9 Å². The second-order valence-electron chi connectivity index (χ2n) is 10.5. The first kappa shape index (κ1) is 33.0. The Kier molecular flexibility index (Phi) is 8.89. The molecule has 0 unspecified atom stereocenters. The predicted octanol–water partition coefficient (Wildman–Crippen LogP) is 4.87. The Morgan fingerprint density at radius 3 is 1.63 bits per heavy atom. The van der Waals surface area contributed by atoms with E-state index in [2.05, 4.69) is 78.4 Å². The Labute approximate surface area is 297 Å². The van der Waals surface area contributed by atoms with Crippen LogP contribution in [0.2, 0.25) is 0 Å². The maximum atomic E-state index is 10.5. The number of aromatic nitrogens is 13. The van der Waals surface area contributed by atoms with Crippen molar-refractivity contribution in [3.05, 3.63) is 77.9 Å². The molecule has 5 aromatic heterocycles.